The molecule has 1 N–H and O–H groups in total. The molecule has 0 radical (unpaired) electrons. The summed E-state index contributed by atoms with van der Waals surface area (Å²) in [6, 6.07) is 8.43. The lowest BCUT2D eigenvalue weighted by molar-refractivity contribution is 0.601. The Morgan fingerprint density at radius 3 is 2.58 bits per heavy atom. The quantitative estimate of drug-likeness (QED) is 0.885. The van der Waals surface area contributed by atoms with Gasteiger partial charge in [0.05, 0.1) is 5.69 Å². The number of aromatic nitrogens is 1. The number of benzene rings is 1. The molecule has 19 heavy (non-hydrogen) atoms. The first-order chi connectivity index (χ1) is 8.90. The first-order valence-corrected chi connectivity index (χ1v) is 7.47. The molecule has 0 saturated carbocycles. The minimum absolute atomic E-state index is 0.0309. The Hall–Kier alpha value is -1.59. The van der Waals surface area contributed by atoms with Gasteiger partial charge < -0.3 is 0 Å². The maximum Gasteiger partial charge on any atom is 0.264 e. The van der Waals surface area contributed by atoms with Crippen LogP contribution >= 0.6 is 11.6 Å². The highest BCUT2D eigenvalue weighted by atomic mass is 35.5. The summed E-state index contributed by atoms with van der Waals surface area (Å²) >= 11 is 5.81. The number of hydrogen-bond acceptors (Lipinski definition) is 3. The number of hydrogen-bond donors (Lipinski definition) is 1. The molecule has 4 nitrogen and oxygen atoms in total. The van der Waals surface area contributed by atoms with Gasteiger partial charge in [-0.1, -0.05) is 29.3 Å². The summed E-state index contributed by atoms with van der Waals surface area (Å²) in [6.45, 7) is 3.79. The summed E-state index contributed by atoms with van der Waals surface area (Å²) in [6.07, 6.45) is 1.44. The van der Waals surface area contributed by atoms with E-state index in [1.807, 2.05) is 26.0 Å². The van der Waals surface area contributed by atoms with Crippen LogP contribution in [0.4, 0.5) is 5.69 Å². The minimum Gasteiger partial charge on any atom is -0.279 e. The summed E-state index contributed by atoms with van der Waals surface area (Å²) in [7, 11) is -3.72. The Bertz CT molecular complexity index is 714. The highest BCUT2D eigenvalue weighted by molar-refractivity contribution is 7.92. The molecule has 0 unspecified atom stereocenters. The van der Waals surface area contributed by atoms with Gasteiger partial charge in [-0.15, -0.1) is 0 Å². The van der Waals surface area contributed by atoms with Crippen molar-refractivity contribution in [1.82, 2.24) is 4.98 Å². The van der Waals surface area contributed by atoms with E-state index in [4.69, 9.17) is 11.6 Å². The monoisotopic (exact) mass is 296 g/mol. The van der Waals surface area contributed by atoms with E-state index in [2.05, 4.69) is 9.71 Å². The molecular formula is C13H13ClN2O2S. The van der Waals surface area contributed by atoms with Crippen molar-refractivity contribution in [3.05, 3.63) is 52.8 Å². The molecule has 0 bridgehead atoms. The van der Waals surface area contributed by atoms with Gasteiger partial charge in [0.25, 0.3) is 10.0 Å². The van der Waals surface area contributed by atoms with Gasteiger partial charge in [-0.2, -0.15) is 0 Å². The standard InChI is InChI=1S/C13H13ClN2O2S/c1-9-5-6-11(10(2)8-9)16-19(17,18)12-4-3-7-15-13(12)14/h3-8,16H,1-2H3. The van der Waals surface area contributed by atoms with Crippen LogP contribution in [0.1, 0.15) is 11.1 Å². The summed E-state index contributed by atoms with van der Waals surface area (Å²) in [5, 5.41) is -0.0419. The second-order valence-electron chi connectivity index (χ2n) is 4.22. The third-order valence-electron chi connectivity index (χ3n) is 2.64. The van der Waals surface area contributed by atoms with Crippen molar-refractivity contribution < 1.29 is 8.42 Å². The fraction of sp³-hybridized carbons (Fsp3) is 0.154. The van der Waals surface area contributed by atoms with E-state index >= 15 is 0 Å². The summed E-state index contributed by atoms with van der Waals surface area (Å²) in [4.78, 5) is 3.74. The molecule has 1 aromatic carbocycles. The fourth-order valence-corrected chi connectivity index (χ4v) is 3.28. The molecule has 6 heteroatoms. The van der Waals surface area contributed by atoms with Gasteiger partial charge in [0.2, 0.25) is 0 Å². The van der Waals surface area contributed by atoms with Crippen LogP contribution in [0.15, 0.2) is 41.4 Å². The molecular weight excluding hydrogens is 284 g/mol. The predicted octanol–water partition coefficient (Wildman–Crippen LogP) is 3.15. The van der Waals surface area contributed by atoms with Crippen molar-refractivity contribution in [2.45, 2.75) is 18.7 Å². The van der Waals surface area contributed by atoms with Crippen LogP contribution in [-0.2, 0) is 10.0 Å². The third kappa shape index (κ3) is 3.05. The molecule has 0 amide bonds. The van der Waals surface area contributed by atoms with Gasteiger partial charge in [0.15, 0.2) is 0 Å². The van der Waals surface area contributed by atoms with E-state index in [1.54, 1.807) is 6.07 Å². The molecule has 2 rings (SSSR count). The second-order valence-corrected chi connectivity index (χ2v) is 6.23. The lowest BCUT2D eigenvalue weighted by Crippen LogP contribution is -2.14. The van der Waals surface area contributed by atoms with E-state index < -0.39 is 10.0 Å². The van der Waals surface area contributed by atoms with Crippen LogP contribution in [-0.4, -0.2) is 13.4 Å². The Kier molecular flexibility index (Phi) is 3.78. The van der Waals surface area contributed by atoms with E-state index in [0.717, 1.165) is 11.1 Å². The first kappa shape index (κ1) is 13.8. The number of anilines is 1. The van der Waals surface area contributed by atoms with Crippen LogP contribution in [0, 0.1) is 13.8 Å². The zero-order valence-electron chi connectivity index (χ0n) is 10.5. The second kappa shape index (κ2) is 5.19. The number of nitrogens with one attached hydrogen (secondary N) is 1. The van der Waals surface area contributed by atoms with Gasteiger partial charge in [-0.05, 0) is 37.6 Å². The van der Waals surface area contributed by atoms with Crippen LogP contribution in [0.25, 0.3) is 0 Å². The number of aryl methyl sites for hydroxylation is 2. The van der Waals surface area contributed by atoms with Crippen molar-refractivity contribution in [2.75, 3.05) is 4.72 Å². The number of pyridine rings is 1. The van der Waals surface area contributed by atoms with Gasteiger partial charge in [0.1, 0.15) is 10.0 Å². The van der Waals surface area contributed by atoms with Crippen molar-refractivity contribution >= 4 is 27.3 Å². The summed E-state index contributed by atoms with van der Waals surface area (Å²) in [5.74, 6) is 0. The third-order valence-corrected chi connectivity index (χ3v) is 4.45. The molecule has 0 atom stereocenters. The van der Waals surface area contributed by atoms with Crippen LogP contribution in [0.2, 0.25) is 5.15 Å². The zero-order chi connectivity index (χ0) is 14.0. The van der Waals surface area contributed by atoms with Crippen LogP contribution in [0.3, 0.4) is 0 Å². The van der Waals surface area contributed by atoms with E-state index in [9.17, 15) is 8.42 Å². The van der Waals surface area contributed by atoms with E-state index in [-0.39, 0.29) is 10.0 Å². The molecule has 2 aromatic rings. The highest BCUT2D eigenvalue weighted by Gasteiger charge is 2.19. The van der Waals surface area contributed by atoms with Crippen LogP contribution in [0.5, 0.6) is 0 Å². The van der Waals surface area contributed by atoms with Gasteiger partial charge >= 0.3 is 0 Å². The highest BCUT2D eigenvalue weighted by Crippen LogP contribution is 2.23. The Balaban J connectivity index is 2.40. The molecule has 0 aliphatic heterocycles. The maximum absolute atomic E-state index is 12.2. The smallest absolute Gasteiger partial charge is 0.264 e. The Morgan fingerprint density at radius 2 is 1.95 bits per heavy atom. The average molecular weight is 297 g/mol. The number of rotatable bonds is 3. The predicted molar refractivity (Wildman–Crippen MR) is 76.0 cm³/mol. The molecule has 0 spiro atoms. The lowest BCUT2D eigenvalue weighted by atomic mass is 10.1. The van der Waals surface area contributed by atoms with Crippen molar-refractivity contribution in [1.29, 1.82) is 0 Å². The van der Waals surface area contributed by atoms with Crippen molar-refractivity contribution in [3.8, 4) is 0 Å². The number of nitrogens with zero attached hydrogens (tertiary/aromatic N) is 1. The van der Waals surface area contributed by atoms with Gasteiger partial charge in [0, 0.05) is 6.20 Å². The normalized spacial score (nSPS) is 11.3. The molecule has 0 aliphatic rings. The summed E-state index contributed by atoms with van der Waals surface area (Å²) < 4.78 is 27.0. The molecule has 0 fully saturated rings. The Morgan fingerprint density at radius 1 is 1.21 bits per heavy atom. The van der Waals surface area contributed by atoms with E-state index in [0.29, 0.717) is 5.69 Å². The van der Waals surface area contributed by atoms with Gasteiger partial charge in [-0.3, -0.25) is 4.72 Å². The topological polar surface area (TPSA) is 59.1 Å². The van der Waals surface area contributed by atoms with Crippen LogP contribution < -0.4 is 4.72 Å². The lowest BCUT2D eigenvalue weighted by Gasteiger charge is -2.11. The fourth-order valence-electron chi connectivity index (χ4n) is 1.70. The first-order valence-electron chi connectivity index (χ1n) is 5.61. The van der Waals surface area contributed by atoms with E-state index in [1.165, 1.54) is 18.3 Å². The maximum atomic E-state index is 12.2. The number of sulfonamides is 1. The Labute approximate surface area is 117 Å². The average Bonchev–Trinajstić information content (AvgIpc) is 2.33. The number of halogens is 1. The molecule has 1 aromatic heterocycles. The zero-order valence-corrected chi connectivity index (χ0v) is 12.1. The molecule has 0 saturated heterocycles. The van der Waals surface area contributed by atoms with Gasteiger partial charge in [-0.25, -0.2) is 13.4 Å². The largest absolute Gasteiger partial charge is 0.279 e. The van der Waals surface area contributed by atoms with Crippen molar-refractivity contribution in [3.63, 3.8) is 0 Å². The minimum atomic E-state index is -3.72. The SMILES string of the molecule is Cc1ccc(NS(=O)(=O)c2cccnc2Cl)c(C)c1. The van der Waals surface area contributed by atoms with Crippen molar-refractivity contribution in [2.24, 2.45) is 0 Å². The molecule has 1 heterocycles. The molecule has 100 valence electrons. The molecule has 0 aliphatic carbocycles. The summed E-state index contributed by atoms with van der Waals surface area (Å²) in [5.41, 5.74) is 2.45.